The van der Waals surface area contributed by atoms with Gasteiger partial charge in [0.15, 0.2) is 0 Å². The van der Waals surface area contributed by atoms with Gasteiger partial charge in [-0.1, -0.05) is 32.3 Å². The second-order valence-corrected chi connectivity index (χ2v) is 15.8. The quantitative estimate of drug-likeness (QED) is 0.240. The lowest BCUT2D eigenvalue weighted by molar-refractivity contribution is 0.0302. The molecule has 0 bridgehead atoms. The Morgan fingerprint density at radius 1 is 1.06 bits per heavy atom. The molecule has 7 rings (SSSR count). The number of amides is 2. The van der Waals surface area contributed by atoms with Crippen molar-refractivity contribution >= 4 is 44.4 Å². The molecule has 4 heterocycles. The Morgan fingerprint density at radius 3 is 2.54 bits per heavy atom. The molecule has 4 aromatic rings. The van der Waals surface area contributed by atoms with Crippen molar-refractivity contribution in [2.75, 3.05) is 33.4 Å². The molecule has 2 fully saturated rings. The number of hydrogen-bond acceptors (Lipinski definition) is 7. The Labute approximate surface area is 293 Å². The maximum Gasteiger partial charge on any atom is 0.264 e. The van der Waals surface area contributed by atoms with Crippen LogP contribution in [-0.4, -0.2) is 78.1 Å². The molecule has 1 unspecified atom stereocenters. The SMILES string of the molecule is CCC(C)S(=O)(=O)NC(=O)c1ccc2c(C3CCCCC3)c3n(c2c1)CC(c1c(C(=O)N2CCOCC2)cnn1C)=Cc1cc(OC)ccc1-3. The Hall–Kier alpha value is -4.42. The number of carbonyl (C=O) groups is 2. The van der Waals surface area contributed by atoms with Crippen molar-refractivity contribution < 1.29 is 27.5 Å². The van der Waals surface area contributed by atoms with Gasteiger partial charge in [-0.05, 0) is 85.2 Å². The highest BCUT2D eigenvalue weighted by Gasteiger charge is 2.32. The second-order valence-electron chi connectivity index (χ2n) is 13.7. The van der Waals surface area contributed by atoms with Gasteiger partial charge in [0.25, 0.3) is 11.8 Å². The molecule has 1 N–H and O–H groups in total. The summed E-state index contributed by atoms with van der Waals surface area (Å²) < 4.78 is 43.3. The topological polar surface area (TPSA) is 125 Å². The molecule has 1 saturated heterocycles. The third-order valence-corrected chi connectivity index (χ3v) is 12.5. The van der Waals surface area contributed by atoms with E-state index in [1.807, 2.05) is 36.2 Å². The number of sulfonamides is 1. The number of nitrogens with zero attached hydrogens (tertiary/aromatic N) is 4. The first-order valence-corrected chi connectivity index (χ1v) is 19.2. The van der Waals surface area contributed by atoms with Gasteiger partial charge in [-0.15, -0.1) is 0 Å². The number of fused-ring (bicyclic) bond motifs is 5. The predicted molar refractivity (Wildman–Crippen MR) is 194 cm³/mol. The van der Waals surface area contributed by atoms with Gasteiger partial charge >= 0.3 is 0 Å². The van der Waals surface area contributed by atoms with Crippen LogP contribution in [0.1, 0.15) is 95.8 Å². The van der Waals surface area contributed by atoms with E-state index >= 15 is 0 Å². The lowest BCUT2D eigenvalue weighted by atomic mass is 9.81. The first-order chi connectivity index (χ1) is 24.1. The van der Waals surface area contributed by atoms with Crippen LogP contribution >= 0.6 is 0 Å². The van der Waals surface area contributed by atoms with Crippen molar-refractivity contribution in [1.82, 2.24) is 24.0 Å². The maximum absolute atomic E-state index is 13.9. The van der Waals surface area contributed by atoms with Gasteiger partial charge in [-0.25, -0.2) is 13.1 Å². The van der Waals surface area contributed by atoms with Crippen molar-refractivity contribution in [1.29, 1.82) is 0 Å². The minimum Gasteiger partial charge on any atom is -0.497 e. The van der Waals surface area contributed by atoms with E-state index in [0.717, 1.165) is 70.4 Å². The lowest BCUT2D eigenvalue weighted by Crippen LogP contribution is -2.40. The fraction of sp³-hybridized carbons (Fsp3) is 0.447. The molecule has 264 valence electrons. The van der Waals surface area contributed by atoms with Crippen LogP contribution in [-0.2, 0) is 28.4 Å². The molecule has 12 heteroatoms. The highest BCUT2D eigenvalue weighted by molar-refractivity contribution is 7.90. The molecular weight excluding hydrogens is 655 g/mol. The summed E-state index contributed by atoms with van der Waals surface area (Å²) in [6, 6.07) is 11.6. The van der Waals surface area contributed by atoms with Crippen molar-refractivity contribution in [3.63, 3.8) is 0 Å². The van der Waals surface area contributed by atoms with Crippen LogP contribution in [0.5, 0.6) is 5.75 Å². The van der Waals surface area contributed by atoms with Crippen LogP contribution in [0.2, 0.25) is 0 Å². The van der Waals surface area contributed by atoms with Crippen LogP contribution < -0.4 is 9.46 Å². The van der Waals surface area contributed by atoms with Gasteiger partial charge in [-0.2, -0.15) is 5.10 Å². The molecule has 50 heavy (non-hydrogen) atoms. The number of ether oxygens (including phenoxy) is 2. The molecule has 2 amide bonds. The highest BCUT2D eigenvalue weighted by atomic mass is 32.2. The molecule has 1 aliphatic carbocycles. The van der Waals surface area contributed by atoms with E-state index in [9.17, 15) is 18.0 Å². The van der Waals surface area contributed by atoms with E-state index in [1.54, 1.807) is 37.9 Å². The monoisotopic (exact) mass is 699 g/mol. The maximum atomic E-state index is 13.9. The van der Waals surface area contributed by atoms with E-state index < -0.39 is 21.2 Å². The number of carbonyl (C=O) groups excluding carboxylic acids is 2. The fourth-order valence-electron chi connectivity index (χ4n) is 7.75. The molecule has 2 aromatic heterocycles. The van der Waals surface area contributed by atoms with Crippen molar-refractivity contribution in [2.45, 2.75) is 70.1 Å². The molecule has 2 aromatic carbocycles. The number of benzene rings is 2. The molecule has 2 aliphatic heterocycles. The Kier molecular flexibility index (Phi) is 9.34. The Balaban J connectivity index is 1.44. The van der Waals surface area contributed by atoms with Gasteiger partial charge in [0, 0.05) is 42.2 Å². The van der Waals surface area contributed by atoms with E-state index in [4.69, 9.17) is 9.47 Å². The number of rotatable bonds is 8. The van der Waals surface area contributed by atoms with Gasteiger partial charge in [0.1, 0.15) is 5.75 Å². The van der Waals surface area contributed by atoms with Crippen LogP contribution in [0.25, 0.3) is 33.8 Å². The Bertz CT molecular complexity index is 2100. The van der Waals surface area contributed by atoms with E-state index in [0.29, 0.717) is 50.8 Å². The van der Waals surface area contributed by atoms with Gasteiger partial charge in [0.05, 0.1) is 55.3 Å². The predicted octanol–water partition coefficient (Wildman–Crippen LogP) is 5.98. The number of aryl methyl sites for hydroxylation is 1. The first kappa shape index (κ1) is 34.0. The summed E-state index contributed by atoms with van der Waals surface area (Å²) in [5, 5.41) is 4.92. The average Bonchev–Trinajstić information content (AvgIpc) is 3.62. The van der Waals surface area contributed by atoms with Crippen LogP contribution in [0.3, 0.4) is 0 Å². The smallest absolute Gasteiger partial charge is 0.264 e. The zero-order valence-corrected chi connectivity index (χ0v) is 30.0. The third-order valence-electron chi connectivity index (χ3n) is 10.7. The Morgan fingerprint density at radius 2 is 1.82 bits per heavy atom. The molecule has 0 radical (unpaired) electrons. The number of hydrogen-bond donors (Lipinski definition) is 1. The zero-order chi connectivity index (χ0) is 35.2. The number of nitrogens with one attached hydrogen (secondary N) is 1. The highest BCUT2D eigenvalue weighted by Crippen LogP contribution is 2.48. The zero-order valence-electron chi connectivity index (χ0n) is 29.2. The second kappa shape index (κ2) is 13.7. The van der Waals surface area contributed by atoms with Crippen molar-refractivity contribution in [3.05, 3.63) is 70.5 Å². The first-order valence-electron chi connectivity index (χ1n) is 17.6. The summed E-state index contributed by atoms with van der Waals surface area (Å²) >= 11 is 0. The van der Waals surface area contributed by atoms with Crippen LogP contribution in [0, 0.1) is 0 Å². The van der Waals surface area contributed by atoms with Gasteiger partial charge < -0.3 is 18.9 Å². The number of morpholine rings is 1. The third kappa shape index (κ3) is 6.12. The summed E-state index contributed by atoms with van der Waals surface area (Å²) in [6.07, 6.45) is 9.79. The van der Waals surface area contributed by atoms with Gasteiger partial charge in [0.2, 0.25) is 10.0 Å². The van der Waals surface area contributed by atoms with Crippen LogP contribution in [0.4, 0.5) is 0 Å². The molecule has 1 saturated carbocycles. The van der Waals surface area contributed by atoms with Crippen molar-refractivity contribution in [3.8, 4) is 17.0 Å². The molecule has 0 spiro atoms. The minimum atomic E-state index is -3.84. The summed E-state index contributed by atoms with van der Waals surface area (Å²) in [5.41, 5.74) is 7.55. The molecular formula is C38H45N5O6S. The molecule has 11 nitrogen and oxygen atoms in total. The van der Waals surface area contributed by atoms with E-state index in [1.165, 1.54) is 12.0 Å². The largest absolute Gasteiger partial charge is 0.497 e. The van der Waals surface area contributed by atoms with E-state index in [2.05, 4.69) is 26.5 Å². The molecule has 3 aliphatic rings. The van der Waals surface area contributed by atoms with Gasteiger partial charge in [-0.3, -0.25) is 14.3 Å². The summed E-state index contributed by atoms with van der Waals surface area (Å²) in [5.74, 6) is 0.301. The number of aromatic nitrogens is 3. The average molecular weight is 700 g/mol. The normalized spacial score (nSPS) is 17.4. The summed E-state index contributed by atoms with van der Waals surface area (Å²) in [6.45, 7) is 5.79. The van der Waals surface area contributed by atoms with Crippen molar-refractivity contribution in [2.24, 2.45) is 7.05 Å². The minimum absolute atomic E-state index is 0.0885. The summed E-state index contributed by atoms with van der Waals surface area (Å²) in [7, 11) is -0.331. The molecule has 1 atom stereocenters. The summed E-state index contributed by atoms with van der Waals surface area (Å²) in [4.78, 5) is 29.3. The van der Waals surface area contributed by atoms with E-state index in [-0.39, 0.29) is 11.5 Å². The fourth-order valence-corrected chi connectivity index (χ4v) is 8.76. The number of methoxy groups -OCH3 is 1. The van der Waals surface area contributed by atoms with Crippen LogP contribution in [0.15, 0.2) is 42.6 Å². The standard InChI is InChI=1S/C38H45N5O6S/c1-5-24(2)50(46,47)40-37(44)26-11-13-31-33(21-26)43-23-28(35-32(22-39-41(35)3)38(45)42-15-17-49-18-16-42)19-27-20-29(48-4)12-14-30(27)36(43)34(31)25-9-7-6-8-10-25/h11-14,19-22,24-25H,5-10,15-18,23H2,1-4H3,(H,40,44). The number of allylic oxidation sites excluding steroid dienone is 1. The lowest BCUT2D eigenvalue weighted by Gasteiger charge is -2.27.